The SMILES string of the molecule is Cc1cc(C(=O)CN(C)CC(=O)O)ccc1F. The van der Waals surface area contributed by atoms with Crippen LogP contribution in [0.3, 0.4) is 0 Å². The minimum Gasteiger partial charge on any atom is -0.480 e. The van der Waals surface area contributed by atoms with Gasteiger partial charge in [0.25, 0.3) is 0 Å². The van der Waals surface area contributed by atoms with Crippen LogP contribution in [0.4, 0.5) is 4.39 Å². The molecule has 0 fully saturated rings. The number of aryl methyl sites for hydroxylation is 1. The van der Waals surface area contributed by atoms with E-state index in [1.165, 1.54) is 23.1 Å². The lowest BCUT2D eigenvalue weighted by Crippen LogP contribution is -2.31. The molecule has 0 amide bonds. The number of hydrogen-bond donors (Lipinski definition) is 1. The summed E-state index contributed by atoms with van der Waals surface area (Å²) in [6.07, 6.45) is 0. The van der Waals surface area contributed by atoms with E-state index in [-0.39, 0.29) is 24.7 Å². The van der Waals surface area contributed by atoms with E-state index >= 15 is 0 Å². The number of ketones is 1. The number of carboxylic acid groups (broad SMARTS) is 1. The summed E-state index contributed by atoms with van der Waals surface area (Å²) in [6, 6.07) is 4.10. The van der Waals surface area contributed by atoms with Gasteiger partial charge in [0.15, 0.2) is 5.78 Å². The van der Waals surface area contributed by atoms with Crippen LogP contribution in [0.5, 0.6) is 0 Å². The molecule has 0 unspecified atom stereocenters. The van der Waals surface area contributed by atoms with Crippen LogP contribution in [-0.2, 0) is 4.79 Å². The number of carbonyl (C=O) groups excluding carboxylic acids is 1. The van der Waals surface area contributed by atoms with Gasteiger partial charge in [0, 0.05) is 5.56 Å². The van der Waals surface area contributed by atoms with E-state index < -0.39 is 5.97 Å². The van der Waals surface area contributed by atoms with Gasteiger partial charge >= 0.3 is 5.97 Å². The molecule has 92 valence electrons. The van der Waals surface area contributed by atoms with Crippen molar-refractivity contribution in [2.45, 2.75) is 6.92 Å². The summed E-state index contributed by atoms with van der Waals surface area (Å²) in [5.41, 5.74) is 0.790. The number of Topliss-reactive ketones (excluding diaryl/α,β-unsaturated/α-hetero) is 1. The van der Waals surface area contributed by atoms with Gasteiger partial charge in [-0.3, -0.25) is 14.5 Å². The molecule has 0 aliphatic carbocycles. The quantitative estimate of drug-likeness (QED) is 0.788. The molecule has 1 N–H and O–H groups in total. The molecule has 1 rings (SSSR count). The van der Waals surface area contributed by atoms with Crippen molar-refractivity contribution in [1.82, 2.24) is 4.90 Å². The zero-order valence-corrected chi connectivity index (χ0v) is 9.74. The fraction of sp³-hybridized carbons (Fsp3) is 0.333. The van der Waals surface area contributed by atoms with Gasteiger partial charge in [-0.2, -0.15) is 0 Å². The first-order valence-corrected chi connectivity index (χ1v) is 5.10. The second-order valence-corrected chi connectivity index (χ2v) is 3.95. The average molecular weight is 239 g/mol. The number of rotatable bonds is 5. The largest absolute Gasteiger partial charge is 0.480 e. The summed E-state index contributed by atoms with van der Waals surface area (Å²) in [5, 5.41) is 8.55. The van der Waals surface area contributed by atoms with Crippen molar-refractivity contribution in [2.75, 3.05) is 20.1 Å². The molecule has 0 radical (unpaired) electrons. The van der Waals surface area contributed by atoms with E-state index in [0.29, 0.717) is 11.1 Å². The molecular formula is C12H14FNO3. The van der Waals surface area contributed by atoms with Crippen molar-refractivity contribution in [1.29, 1.82) is 0 Å². The molecule has 0 atom stereocenters. The Morgan fingerprint density at radius 3 is 2.53 bits per heavy atom. The molecule has 17 heavy (non-hydrogen) atoms. The van der Waals surface area contributed by atoms with Crippen LogP contribution in [0.1, 0.15) is 15.9 Å². The number of carbonyl (C=O) groups is 2. The third-order valence-electron chi connectivity index (χ3n) is 2.30. The molecule has 1 aromatic rings. The van der Waals surface area contributed by atoms with Gasteiger partial charge in [0.2, 0.25) is 0 Å². The smallest absolute Gasteiger partial charge is 0.317 e. The molecule has 0 aliphatic rings. The molecule has 0 aromatic heterocycles. The molecule has 0 bridgehead atoms. The van der Waals surface area contributed by atoms with Crippen molar-refractivity contribution in [2.24, 2.45) is 0 Å². The lowest BCUT2D eigenvalue weighted by atomic mass is 10.1. The number of nitrogens with zero attached hydrogens (tertiary/aromatic N) is 1. The van der Waals surface area contributed by atoms with Gasteiger partial charge in [-0.15, -0.1) is 0 Å². The first-order chi connectivity index (χ1) is 7.90. The second-order valence-electron chi connectivity index (χ2n) is 3.95. The zero-order valence-electron chi connectivity index (χ0n) is 9.74. The molecule has 0 spiro atoms. The molecule has 1 aromatic carbocycles. The molecule has 0 heterocycles. The summed E-state index contributed by atoms with van der Waals surface area (Å²) in [6.45, 7) is 1.37. The lowest BCUT2D eigenvalue weighted by Gasteiger charge is -2.12. The minimum atomic E-state index is -0.990. The first kappa shape index (κ1) is 13.3. The predicted molar refractivity (Wildman–Crippen MR) is 60.6 cm³/mol. The van der Waals surface area contributed by atoms with E-state index in [1.54, 1.807) is 14.0 Å². The Bertz CT molecular complexity index is 445. The summed E-state index contributed by atoms with van der Waals surface area (Å²) in [7, 11) is 1.54. The standard InChI is InChI=1S/C12H14FNO3/c1-8-5-9(3-4-10(8)13)11(15)6-14(2)7-12(16)17/h3-5H,6-7H2,1-2H3,(H,16,17). The Kier molecular flexibility index (Phi) is 4.34. The topological polar surface area (TPSA) is 57.6 Å². The van der Waals surface area contributed by atoms with Gasteiger partial charge in [-0.25, -0.2) is 4.39 Å². The Balaban J connectivity index is 2.70. The van der Waals surface area contributed by atoms with Crippen LogP contribution in [0.25, 0.3) is 0 Å². The number of halogens is 1. The Hall–Kier alpha value is -1.75. The fourth-order valence-electron chi connectivity index (χ4n) is 1.44. The Labute approximate surface area is 98.7 Å². The summed E-state index contributed by atoms with van der Waals surface area (Å²) >= 11 is 0. The Morgan fingerprint density at radius 2 is 2.00 bits per heavy atom. The van der Waals surface area contributed by atoms with Crippen molar-refractivity contribution < 1.29 is 19.1 Å². The minimum absolute atomic E-state index is 0.00261. The number of likely N-dealkylation sites (N-methyl/N-ethyl adjacent to an activating group) is 1. The average Bonchev–Trinajstić information content (AvgIpc) is 2.20. The summed E-state index contributed by atoms with van der Waals surface area (Å²) in [5.74, 6) is -1.58. The fourth-order valence-corrected chi connectivity index (χ4v) is 1.44. The van der Waals surface area contributed by atoms with E-state index in [0.717, 1.165) is 0 Å². The van der Waals surface area contributed by atoms with Crippen molar-refractivity contribution in [3.05, 3.63) is 35.1 Å². The van der Waals surface area contributed by atoms with Crippen molar-refractivity contribution >= 4 is 11.8 Å². The van der Waals surface area contributed by atoms with Crippen molar-refractivity contribution in [3.8, 4) is 0 Å². The van der Waals surface area contributed by atoms with Crippen LogP contribution in [-0.4, -0.2) is 41.9 Å². The van der Waals surface area contributed by atoms with Crippen molar-refractivity contribution in [3.63, 3.8) is 0 Å². The molecular weight excluding hydrogens is 225 g/mol. The molecule has 4 nitrogen and oxygen atoms in total. The highest BCUT2D eigenvalue weighted by atomic mass is 19.1. The van der Waals surface area contributed by atoms with E-state index in [1.807, 2.05) is 0 Å². The lowest BCUT2D eigenvalue weighted by molar-refractivity contribution is -0.137. The van der Waals surface area contributed by atoms with Gasteiger partial charge in [-0.05, 0) is 37.7 Å². The number of aliphatic carboxylic acids is 1. The molecule has 0 aliphatic heterocycles. The maximum atomic E-state index is 13.0. The molecule has 5 heteroatoms. The van der Waals surface area contributed by atoms with Crippen LogP contribution in [0.15, 0.2) is 18.2 Å². The van der Waals surface area contributed by atoms with Gasteiger partial charge in [0.05, 0.1) is 13.1 Å². The predicted octanol–water partition coefficient (Wildman–Crippen LogP) is 1.33. The first-order valence-electron chi connectivity index (χ1n) is 5.10. The van der Waals surface area contributed by atoms with Crippen LogP contribution < -0.4 is 0 Å². The zero-order chi connectivity index (χ0) is 13.0. The highest BCUT2D eigenvalue weighted by Gasteiger charge is 2.12. The van der Waals surface area contributed by atoms with E-state index in [4.69, 9.17) is 5.11 Å². The van der Waals surface area contributed by atoms with Crippen LogP contribution in [0, 0.1) is 12.7 Å². The van der Waals surface area contributed by atoms with Gasteiger partial charge in [-0.1, -0.05) is 0 Å². The molecule has 0 saturated heterocycles. The van der Waals surface area contributed by atoms with Crippen LogP contribution in [0.2, 0.25) is 0 Å². The summed E-state index contributed by atoms with van der Waals surface area (Å²) < 4.78 is 13.0. The van der Waals surface area contributed by atoms with Gasteiger partial charge in [0.1, 0.15) is 5.82 Å². The number of carboxylic acids is 1. The maximum Gasteiger partial charge on any atom is 0.317 e. The Morgan fingerprint density at radius 1 is 1.35 bits per heavy atom. The van der Waals surface area contributed by atoms with Gasteiger partial charge < -0.3 is 5.11 Å². The maximum absolute atomic E-state index is 13.0. The van der Waals surface area contributed by atoms with E-state index in [2.05, 4.69) is 0 Å². The third-order valence-corrected chi connectivity index (χ3v) is 2.30. The highest BCUT2D eigenvalue weighted by Crippen LogP contribution is 2.10. The number of benzene rings is 1. The highest BCUT2D eigenvalue weighted by molar-refractivity contribution is 5.97. The number of hydrogen-bond acceptors (Lipinski definition) is 3. The monoisotopic (exact) mass is 239 g/mol. The second kappa shape index (κ2) is 5.54. The normalized spacial score (nSPS) is 10.6. The van der Waals surface area contributed by atoms with Crippen LogP contribution >= 0.6 is 0 Å². The summed E-state index contributed by atoms with van der Waals surface area (Å²) in [4.78, 5) is 23.6. The van der Waals surface area contributed by atoms with E-state index in [9.17, 15) is 14.0 Å². The molecule has 0 saturated carbocycles. The third kappa shape index (κ3) is 3.96.